The average Bonchev–Trinajstić information content (AvgIpc) is 2.74. The van der Waals surface area contributed by atoms with Crippen molar-refractivity contribution in [1.82, 2.24) is 10.2 Å². The van der Waals surface area contributed by atoms with E-state index < -0.39 is 0 Å². The molecule has 0 saturated heterocycles. The molecule has 0 aliphatic carbocycles. The highest BCUT2D eigenvalue weighted by Crippen LogP contribution is 2.24. The molecule has 0 bridgehead atoms. The highest BCUT2D eigenvalue weighted by atomic mass is 35.5. The van der Waals surface area contributed by atoms with E-state index in [-0.39, 0.29) is 0 Å². The molecule has 0 aliphatic rings. The molecule has 0 fully saturated rings. The molecule has 0 saturated carbocycles. The Labute approximate surface area is 99.6 Å². The minimum absolute atomic E-state index is 0.695. The van der Waals surface area contributed by atoms with Crippen molar-refractivity contribution >= 4 is 11.6 Å². The molecule has 3 N–H and O–H groups in total. The standard InChI is InChI=1S/C12H14ClN3/c13-11-5-1-3-9(7-11)12-10(4-2-6-14)8-15-16-12/h1,3,5,7-8H,2,4,6,14H2,(H,15,16). The number of H-pyrrole nitrogens is 1. The lowest BCUT2D eigenvalue weighted by Crippen LogP contribution is -2.00. The first kappa shape index (κ1) is 11.2. The lowest BCUT2D eigenvalue weighted by Gasteiger charge is -2.03. The van der Waals surface area contributed by atoms with Crippen LogP contribution >= 0.6 is 11.6 Å². The summed E-state index contributed by atoms with van der Waals surface area (Å²) in [5, 5.41) is 7.81. The molecule has 1 aromatic heterocycles. The van der Waals surface area contributed by atoms with Crippen molar-refractivity contribution in [2.45, 2.75) is 12.8 Å². The summed E-state index contributed by atoms with van der Waals surface area (Å²) >= 11 is 5.96. The molecule has 0 spiro atoms. The van der Waals surface area contributed by atoms with E-state index in [0.717, 1.165) is 29.1 Å². The highest BCUT2D eigenvalue weighted by molar-refractivity contribution is 6.30. The van der Waals surface area contributed by atoms with Crippen LogP contribution in [0.5, 0.6) is 0 Å². The molecule has 0 amide bonds. The van der Waals surface area contributed by atoms with Crippen LogP contribution in [0.25, 0.3) is 11.3 Å². The molecule has 1 aromatic carbocycles. The number of nitrogens with two attached hydrogens (primary N) is 1. The molecule has 0 unspecified atom stereocenters. The molecule has 3 nitrogen and oxygen atoms in total. The molecule has 0 atom stereocenters. The number of benzene rings is 1. The van der Waals surface area contributed by atoms with E-state index in [1.807, 2.05) is 30.5 Å². The zero-order valence-electron chi connectivity index (χ0n) is 8.91. The van der Waals surface area contributed by atoms with Crippen molar-refractivity contribution in [3.63, 3.8) is 0 Å². The number of aryl methyl sites for hydroxylation is 1. The number of rotatable bonds is 4. The van der Waals surface area contributed by atoms with E-state index in [0.29, 0.717) is 6.54 Å². The van der Waals surface area contributed by atoms with Gasteiger partial charge in [-0.05, 0) is 37.1 Å². The monoisotopic (exact) mass is 235 g/mol. The minimum Gasteiger partial charge on any atom is -0.330 e. The van der Waals surface area contributed by atoms with Gasteiger partial charge in [-0.25, -0.2) is 0 Å². The number of hydrogen-bond donors (Lipinski definition) is 2. The molecule has 16 heavy (non-hydrogen) atoms. The summed E-state index contributed by atoms with van der Waals surface area (Å²) < 4.78 is 0. The van der Waals surface area contributed by atoms with Crippen molar-refractivity contribution in [2.75, 3.05) is 6.54 Å². The van der Waals surface area contributed by atoms with E-state index in [1.54, 1.807) is 0 Å². The summed E-state index contributed by atoms with van der Waals surface area (Å²) in [7, 11) is 0. The number of nitrogens with one attached hydrogen (secondary N) is 1. The number of aromatic nitrogens is 2. The van der Waals surface area contributed by atoms with Crippen molar-refractivity contribution in [3.05, 3.63) is 41.0 Å². The molecular formula is C12H14ClN3. The first-order valence-electron chi connectivity index (χ1n) is 5.29. The minimum atomic E-state index is 0.695. The van der Waals surface area contributed by atoms with E-state index in [2.05, 4.69) is 10.2 Å². The average molecular weight is 236 g/mol. The second-order valence-electron chi connectivity index (χ2n) is 3.67. The fourth-order valence-corrected chi connectivity index (χ4v) is 1.88. The lowest BCUT2D eigenvalue weighted by molar-refractivity contribution is 0.834. The molecule has 84 valence electrons. The normalized spacial score (nSPS) is 10.6. The lowest BCUT2D eigenvalue weighted by atomic mass is 10.0. The Kier molecular flexibility index (Phi) is 3.59. The summed E-state index contributed by atoms with van der Waals surface area (Å²) in [6, 6.07) is 7.75. The maximum absolute atomic E-state index is 5.96. The summed E-state index contributed by atoms with van der Waals surface area (Å²) in [6.07, 6.45) is 3.76. The summed E-state index contributed by atoms with van der Waals surface area (Å²) in [5.41, 5.74) is 8.80. The molecule has 2 aromatic rings. The van der Waals surface area contributed by atoms with Crippen LogP contribution in [0.1, 0.15) is 12.0 Å². The Morgan fingerprint density at radius 3 is 3.00 bits per heavy atom. The molecule has 1 heterocycles. The van der Waals surface area contributed by atoms with Gasteiger partial charge in [0, 0.05) is 10.6 Å². The summed E-state index contributed by atoms with van der Waals surface area (Å²) in [6.45, 7) is 0.695. The van der Waals surface area contributed by atoms with Crippen LogP contribution < -0.4 is 5.73 Å². The van der Waals surface area contributed by atoms with Crippen LogP contribution in [0.15, 0.2) is 30.5 Å². The topological polar surface area (TPSA) is 54.7 Å². The van der Waals surface area contributed by atoms with Crippen molar-refractivity contribution in [1.29, 1.82) is 0 Å². The molecule has 0 aliphatic heterocycles. The third kappa shape index (κ3) is 2.43. The Morgan fingerprint density at radius 1 is 1.38 bits per heavy atom. The van der Waals surface area contributed by atoms with Gasteiger partial charge in [0.25, 0.3) is 0 Å². The number of halogens is 1. The maximum atomic E-state index is 5.96. The molecular weight excluding hydrogens is 222 g/mol. The number of hydrogen-bond acceptors (Lipinski definition) is 2. The van der Waals surface area contributed by atoms with Gasteiger partial charge in [0.2, 0.25) is 0 Å². The van der Waals surface area contributed by atoms with Crippen LogP contribution in [0, 0.1) is 0 Å². The van der Waals surface area contributed by atoms with E-state index >= 15 is 0 Å². The number of nitrogens with zero attached hydrogens (tertiary/aromatic N) is 1. The third-order valence-electron chi connectivity index (χ3n) is 2.48. The van der Waals surface area contributed by atoms with E-state index in [1.165, 1.54) is 5.56 Å². The first-order valence-corrected chi connectivity index (χ1v) is 5.67. The number of aromatic amines is 1. The van der Waals surface area contributed by atoms with Gasteiger partial charge in [-0.2, -0.15) is 5.10 Å². The van der Waals surface area contributed by atoms with Gasteiger partial charge in [-0.3, -0.25) is 5.10 Å². The predicted octanol–water partition coefficient (Wildman–Crippen LogP) is 2.62. The van der Waals surface area contributed by atoms with Crippen LogP contribution in [0.3, 0.4) is 0 Å². The van der Waals surface area contributed by atoms with Gasteiger partial charge >= 0.3 is 0 Å². The van der Waals surface area contributed by atoms with Crippen molar-refractivity contribution in [3.8, 4) is 11.3 Å². The van der Waals surface area contributed by atoms with Crippen molar-refractivity contribution in [2.24, 2.45) is 5.73 Å². The van der Waals surface area contributed by atoms with Gasteiger partial charge in [0.05, 0.1) is 11.9 Å². The van der Waals surface area contributed by atoms with E-state index in [4.69, 9.17) is 17.3 Å². The maximum Gasteiger partial charge on any atom is 0.0682 e. The molecule has 4 heteroatoms. The van der Waals surface area contributed by atoms with E-state index in [9.17, 15) is 0 Å². The van der Waals surface area contributed by atoms with Crippen LogP contribution in [-0.4, -0.2) is 16.7 Å². The Balaban J connectivity index is 2.29. The quantitative estimate of drug-likeness (QED) is 0.856. The fourth-order valence-electron chi connectivity index (χ4n) is 1.69. The smallest absolute Gasteiger partial charge is 0.0682 e. The second kappa shape index (κ2) is 5.14. The summed E-state index contributed by atoms with van der Waals surface area (Å²) in [5.74, 6) is 0. The Morgan fingerprint density at radius 2 is 2.25 bits per heavy atom. The van der Waals surface area contributed by atoms with Crippen LogP contribution in [0.4, 0.5) is 0 Å². The van der Waals surface area contributed by atoms with Crippen LogP contribution in [0.2, 0.25) is 5.02 Å². The molecule has 2 rings (SSSR count). The van der Waals surface area contributed by atoms with Gasteiger partial charge < -0.3 is 5.73 Å². The Hall–Kier alpha value is -1.32. The second-order valence-corrected chi connectivity index (χ2v) is 4.11. The fraction of sp³-hybridized carbons (Fsp3) is 0.250. The SMILES string of the molecule is NCCCc1cn[nH]c1-c1cccc(Cl)c1. The highest BCUT2D eigenvalue weighted by Gasteiger charge is 2.07. The van der Waals surface area contributed by atoms with Crippen molar-refractivity contribution < 1.29 is 0 Å². The third-order valence-corrected chi connectivity index (χ3v) is 2.72. The van der Waals surface area contributed by atoms with Gasteiger partial charge in [0.15, 0.2) is 0 Å². The zero-order chi connectivity index (χ0) is 11.4. The van der Waals surface area contributed by atoms with Gasteiger partial charge in [-0.15, -0.1) is 0 Å². The van der Waals surface area contributed by atoms with Gasteiger partial charge in [-0.1, -0.05) is 23.7 Å². The predicted molar refractivity (Wildman–Crippen MR) is 66.4 cm³/mol. The largest absolute Gasteiger partial charge is 0.330 e. The molecule has 0 radical (unpaired) electrons. The summed E-state index contributed by atoms with van der Waals surface area (Å²) in [4.78, 5) is 0. The Bertz CT molecular complexity index is 465. The zero-order valence-corrected chi connectivity index (χ0v) is 9.67. The first-order chi connectivity index (χ1) is 7.81. The van der Waals surface area contributed by atoms with Crippen LogP contribution in [-0.2, 0) is 6.42 Å². The van der Waals surface area contributed by atoms with Gasteiger partial charge in [0.1, 0.15) is 0 Å².